The number of hydrogen-bond donors (Lipinski definition) is 7. The molecule has 3 aromatic rings. The Labute approximate surface area is 296 Å². The Morgan fingerprint density at radius 2 is 1.78 bits per heavy atom. The number of nitrogens with one attached hydrogen (secondary N) is 3. The van der Waals surface area contributed by atoms with Crippen molar-refractivity contribution in [2.24, 2.45) is 5.73 Å². The van der Waals surface area contributed by atoms with E-state index in [0.29, 0.717) is 31.4 Å². The summed E-state index contributed by atoms with van der Waals surface area (Å²) in [5, 5.41) is 32.5. The van der Waals surface area contributed by atoms with Gasteiger partial charge in [-0.05, 0) is 55.5 Å². The Bertz CT molecular complexity index is 1550. The number of thioether (sulfide) groups is 1. The van der Waals surface area contributed by atoms with Crippen LogP contribution < -0.4 is 21.1 Å². The van der Waals surface area contributed by atoms with Gasteiger partial charge in [0.15, 0.2) is 11.5 Å². The van der Waals surface area contributed by atoms with Crippen LogP contribution in [0.15, 0.2) is 48.7 Å². The number of unbranched alkanes of at least 4 members (excludes halogenated alkanes) is 2. The molecule has 4 unspecified atom stereocenters. The molecule has 2 aromatic carbocycles. The third kappa shape index (κ3) is 14.5. The highest BCUT2D eigenvalue weighted by atomic mass is 32.2. The number of nitrogens with two attached hydrogens (primary N) is 1. The third-order valence-corrected chi connectivity index (χ3v) is 9.37. The van der Waals surface area contributed by atoms with E-state index >= 15 is 0 Å². The summed E-state index contributed by atoms with van der Waals surface area (Å²) in [6.45, 7) is 3.74. The topological polar surface area (TPSA) is 221 Å². The van der Waals surface area contributed by atoms with Crippen molar-refractivity contribution in [3.05, 3.63) is 59.8 Å². The van der Waals surface area contributed by atoms with Gasteiger partial charge >= 0.3 is 5.97 Å². The highest BCUT2D eigenvalue weighted by Gasteiger charge is 2.28. The Balaban J connectivity index is 0.00000278. The summed E-state index contributed by atoms with van der Waals surface area (Å²) >= 11 is 1.46. The van der Waals surface area contributed by atoms with E-state index in [4.69, 9.17) is 25.5 Å². The number of hydrogen-bond acceptors (Lipinski definition) is 9. The number of phenols is 1. The largest absolute Gasteiger partial charge is 0.504 e. The number of amides is 2. The predicted molar refractivity (Wildman–Crippen MR) is 193 cm³/mol. The van der Waals surface area contributed by atoms with Crippen LogP contribution in [0.5, 0.6) is 11.5 Å². The molecule has 0 spiro atoms. The molecule has 1 heterocycles. The maximum absolute atomic E-state index is 13.6. The molecule has 0 aliphatic rings. The molecule has 4 atom stereocenters. The van der Waals surface area contributed by atoms with E-state index in [0.717, 1.165) is 47.7 Å². The molecule has 0 fully saturated rings. The van der Waals surface area contributed by atoms with Gasteiger partial charge in [-0.3, -0.25) is 24.0 Å². The van der Waals surface area contributed by atoms with Gasteiger partial charge in [-0.25, -0.2) is 0 Å². The van der Waals surface area contributed by atoms with Crippen molar-refractivity contribution in [1.82, 2.24) is 15.6 Å². The van der Waals surface area contributed by atoms with E-state index < -0.39 is 36.3 Å². The number of carbonyl (C=O) groups is 5. The van der Waals surface area contributed by atoms with Gasteiger partial charge < -0.3 is 41.4 Å². The molecule has 274 valence electrons. The summed E-state index contributed by atoms with van der Waals surface area (Å²) in [5.41, 5.74) is 8.75. The van der Waals surface area contributed by atoms with E-state index in [1.54, 1.807) is 18.2 Å². The van der Waals surface area contributed by atoms with Crippen molar-refractivity contribution in [1.29, 1.82) is 0 Å². The minimum absolute atomic E-state index is 0.0388. The van der Waals surface area contributed by atoms with Crippen LogP contribution in [0, 0.1) is 0 Å². The number of H-pyrrole nitrogens is 1. The number of Topliss-reactive ketones (excluding diaryl/α,β-unsaturated/α-hetero) is 1. The van der Waals surface area contributed by atoms with Crippen molar-refractivity contribution >= 4 is 52.7 Å². The number of ether oxygens (including phenoxy) is 1. The number of carboxylic acid groups (broad SMARTS) is 2. The molecule has 8 N–H and O–H groups in total. The predicted octanol–water partition coefficient (Wildman–Crippen LogP) is 4.19. The number of carboxylic acids is 1. The number of ketones is 1. The number of aromatic hydroxyl groups is 1. The highest BCUT2D eigenvalue weighted by molar-refractivity contribution is 8.00. The van der Waals surface area contributed by atoms with Crippen LogP contribution in [0.1, 0.15) is 69.9 Å². The lowest BCUT2D eigenvalue weighted by atomic mass is 10.0. The molecule has 2 amide bonds. The smallest absolute Gasteiger partial charge is 0.305 e. The van der Waals surface area contributed by atoms with Gasteiger partial charge in [0.25, 0.3) is 6.47 Å². The number of methoxy groups -OCH3 is 1. The fraction of sp³-hybridized carbons (Fsp3) is 0.472. The SMILES string of the molecule is CCCCCC(CC(=O)CCc1ccc(O)c(OC)c1)SCC(NC(=O)C(N)CC(=O)O)C(=O)NC(C)Cc1c[nH]c2ccccc12.O=CO. The van der Waals surface area contributed by atoms with Crippen molar-refractivity contribution < 1.29 is 44.0 Å². The first-order valence-corrected chi connectivity index (χ1v) is 17.7. The maximum atomic E-state index is 13.6. The van der Waals surface area contributed by atoms with E-state index in [9.17, 15) is 24.3 Å². The number of fused-ring (bicyclic) bond motifs is 1. The molecular formula is C36H50N4O9S. The second kappa shape index (κ2) is 22.2. The molecule has 1 aromatic heterocycles. The molecule has 0 aliphatic carbocycles. The maximum Gasteiger partial charge on any atom is 0.305 e. The van der Waals surface area contributed by atoms with Gasteiger partial charge in [-0.2, -0.15) is 11.8 Å². The van der Waals surface area contributed by atoms with Gasteiger partial charge in [0.1, 0.15) is 11.8 Å². The zero-order chi connectivity index (χ0) is 37.1. The zero-order valence-corrected chi connectivity index (χ0v) is 29.7. The number of aryl methyl sites for hydroxylation is 1. The minimum Gasteiger partial charge on any atom is -0.504 e. The van der Waals surface area contributed by atoms with Crippen LogP contribution in [-0.4, -0.2) is 86.6 Å². The molecule has 13 nitrogen and oxygen atoms in total. The highest BCUT2D eigenvalue weighted by Crippen LogP contribution is 2.28. The molecule has 0 saturated heterocycles. The summed E-state index contributed by atoms with van der Waals surface area (Å²) < 4.78 is 5.17. The molecule has 14 heteroatoms. The van der Waals surface area contributed by atoms with Crippen LogP contribution >= 0.6 is 11.8 Å². The average Bonchev–Trinajstić information content (AvgIpc) is 3.48. The van der Waals surface area contributed by atoms with Crippen molar-refractivity contribution in [3.8, 4) is 11.5 Å². The molecular weight excluding hydrogens is 664 g/mol. The fourth-order valence-electron chi connectivity index (χ4n) is 5.38. The number of aliphatic carboxylic acids is 1. The van der Waals surface area contributed by atoms with Gasteiger partial charge in [0, 0.05) is 47.0 Å². The lowest BCUT2D eigenvalue weighted by Gasteiger charge is -2.24. The molecule has 0 saturated carbocycles. The van der Waals surface area contributed by atoms with Crippen LogP contribution in [0.25, 0.3) is 10.9 Å². The van der Waals surface area contributed by atoms with E-state index in [1.807, 2.05) is 37.4 Å². The van der Waals surface area contributed by atoms with E-state index in [-0.39, 0.29) is 35.0 Å². The van der Waals surface area contributed by atoms with Crippen molar-refractivity contribution in [2.45, 2.75) is 95.0 Å². The normalized spacial score (nSPS) is 13.2. The summed E-state index contributed by atoms with van der Waals surface area (Å²) in [6.07, 6.45) is 6.76. The van der Waals surface area contributed by atoms with Crippen LogP contribution in [0.3, 0.4) is 0 Å². The number of carbonyl (C=O) groups excluding carboxylic acids is 3. The van der Waals surface area contributed by atoms with E-state index in [1.165, 1.54) is 18.9 Å². The fourth-order valence-corrected chi connectivity index (χ4v) is 6.72. The number of aromatic nitrogens is 1. The van der Waals surface area contributed by atoms with Crippen LogP contribution in [-0.2, 0) is 36.8 Å². The number of aromatic amines is 1. The lowest BCUT2D eigenvalue weighted by Crippen LogP contribution is -2.54. The van der Waals surface area contributed by atoms with Crippen molar-refractivity contribution in [3.63, 3.8) is 0 Å². The van der Waals surface area contributed by atoms with Crippen LogP contribution in [0.2, 0.25) is 0 Å². The third-order valence-electron chi connectivity index (χ3n) is 7.97. The van der Waals surface area contributed by atoms with Crippen LogP contribution in [0.4, 0.5) is 0 Å². The second-order valence-electron chi connectivity index (χ2n) is 12.0. The molecule has 3 rings (SSSR count). The van der Waals surface area contributed by atoms with Gasteiger partial charge in [0.05, 0.1) is 19.6 Å². The number of phenolic OH excluding ortho intramolecular Hbond substituents is 1. The summed E-state index contributed by atoms with van der Waals surface area (Å²) in [6, 6.07) is 10.4. The second-order valence-corrected chi connectivity index (χ2v) is 13.4. The minimum atomic E-state index is -1.31. The Morgan fingerprint density at radius 3 is 2.46 bits per heavy atom. The summed E-state index contributed by atoms with van der Waals surface area (Å²) in [5.74, 6) is -1.68. The first-order valence-electron chi connectivity index (χ1n) is 16.6. The zero-order valence-electron chi connectivity index (χ0n) is 28.9. The molecule has 0 radical (unpaired) electrons. The number of para-hydroxylation sites is 1. The monoisotopic (exact) mass is 714 g/mol. The van der Waals surface area contributed by atoms with Gasteiger partial charge in [0.2, 0.25) is 11.8 Å². The molecule has 0 aliphatic heterocycles. The first-order chi connectivity index (χ1) is 23.9. The Morgan fingerprint density at radius 1 is 1.06 bits per heavy atom. The van der Waals surface area contributed by atoms with Crippen molar-refractivity contribution in [2.75, 3.05) is 12.9 Å². The number of rotatable bonds is 21. The average molecular weight is 715 g/mol. The molecule has 0 bridgehead atoms. The number of benzene rings is 2. The van der Waals surface area contributed by atoms with E-state index in [2.05, 4.69) is 22.5 Å². The lowest BCUT2D eigenvalue weighted by molar-refractivity contribution is -0.139. The van der Waals surface area contributed by atoms with Gasteiger partial charge in [-0.1, -0.05) is 50.5 Å². The summed E-state index contributed by atoms with van der Waals surface area (Å²) in [4.78, 5) is 62.3. The standard InChI is InChI=1S/C35H48N4O7S.CH2O2/c1-4-5-6-9-26(18-25(40)14-12-23-13-15-31(41)32(17-23)46-3)47-21-30(39-34(44)28(36)19-33(42)43)35(45)38-22(2)16-24-20-37-29-11-8-7-10-27(24)29;2-1-3/h7-8,10-11,13,15,17,20,22,26,28,30,37,41H,4-6,9,12,14,16,18-19,21,36H2,1-3H3,(H,38,45)(H,39,44)(H,42,43);1H,(H,2,3). The Hall–Kier alpha value is -4.56. The quantitative estimate of drug-likeness (QED) is 0.0612. The molecule has 50 heavy (non-hydrogen) atoms. The Kier molecular flexibility index (Phi) is 18.5. The first kappa shape index (κ1) is 41.6. The van der Waals surface area contributed by atoms with Gasteiger partial charge in [-0.15, -0.1) is 0 Å². The summed E-state index contributed by atoms with van der Waals surface area (Å²) in [7, 11) is 1.47.